The smallest absolute Gasteiger partial charge is 0.232 e. The molecule has 86 valence electrons. The van der Waals surface area contributed by atoms with Gasteiger partial charge in [0.05, 0.1) is 12.4 Å². The summed E-state index contributed by atoms with van der Waals surface area (Å²) in [6.07, 6.45) is 3.36. The van der Waals surface area contributed by atoms with Crippen molar-refractivity contribution in [2.75, 3.05) is 19.0 Å². The first-order chi connectivity index (χ1) is 6.45. The van der Waals surface area contributed by atoms with Gasteiger partial charge in [0.2, 0.25) is 9.05 Å². The molecular weight excluding hydrogens is 224 g/mol. The molecule has 0 aliphatic rings. The van der Waals surface area contributed by atoms with Crippen LogP contribution in [0.15, 0.2) is 0 Å². The van der Waals surface area contributed by atoms with Gasteiger partial charge in [0.15, 0.2) is 0 Å². The van der Waals surface area contributed by atoms with Crippen molar-refractivity contribution in [3.05, 3.63) is 0 Å². The molecule has 0 aliphatic carbocycles. The van der Waals surface area contributed by atoms with Gasteiger partial charge in [-0.1, -0.05) is 26.7 Å². The van der Waals surface area contributed by atoms with E-state index in [9.17, 15) is 8.42 Å². The zero-order valence-corrected chi connectivity index (χ0v) is 10.4. The number of halogens is 1. The van der Waals surface area contributed by atoms with Crippen LogP contribution in [0.5, 0.6) is 0 Å². The summed E-state index contributed by atoms with van der Waals surface area (Å²) in [7, 11) is 1.73. The molecule has 0 spiro atoms. The quantitative estimate of drug-likeness (QED) is 0.485. The van der Waals surface area contributed by atoms with Gasteiger partial charge in [0.25, 0.3) is 0 Å². The molecule has 0 rings (SSSR count). The lowest BCUT2D eigenvalue weighted by atomic mass is 10.2. The van der Waals surface area contributed by atoms with Crippen LogP contribution in [0.25, 0.3) is 0 Å². The van der Waals surface area contributed by atoms with Gasteiger partial charge in [-0.3, -0.25) is 0 Å². The normalized spacial score (nSPS) is 14.2. The minimum absolute atomic E-state index is 0.0116. The Kier molecular flexibility index (Phi) is 7.59. The second-order valence-corrected chi connectivity index (χ2v) is 6.41. The summed E-state index contributed by atoms with van der Waals surface area (Å²) < 4.78 is 26.7. The molecule has 3 nitrogen and oxygen atoms in total. The number of hydrogen-bond acceptors (Lipinski definition) is 3. The Hall–Kier alpha value is 0.200. The van der Waals surface area contributed by atoms with E-state index in [-0.39, 0.29) is 11.7 Å². The van der Waals surface area contributed by atoms with E-state index in [4.69, 9.17) is 15.4 Å². The standard InChI is InChI=1S/C9H19ClO3S/c1-3-4-5-6-13-7-9(2)8-14(10,11)12/h9H,3-8H2,1-2H3. The maximum absolute atomic E-state index is 10.7. The predicted octanol–water partition coefficient (Wildman–Crippen LogP) is 2.40. The number of ether oxygens (including phenoxy) is 1. The van der Waals surface area contributed by atoms with Crippen LogP contribution >= 0.6 is 10.7 Å². The number of rotatable bonds is 8. The molecule has 0 aromatic heterocycles. The molecule has 0 aliphatic heterocycles. The summed E-state index contributed by atoms with van der Waals surface area (Å²) in [5.41, 5.74) is 0. The molecule has 0 aromatic rings. The lowest BCUT2D eigenvalue weighted by Gasteiger charge is -2.09. The second-order valence-electron chi connectivity index (χ2n) is 3.59. The Morgan fingerprint density at radius 1 is 1.36 bits per heavy atom. The van der Waals surface area contributed by atoms with Gasteiger partial charge in [-0.15, -0.1) is 0 Å². The van der Waals surface area contributed by atoms with Crippen molar-refractivity contribution in [2.45, 2.75) is 33.1 Å². The van der Waals surface area contributed by atoms with Crippen LogP contribution < -0.4 is 0 Å². The maximum Gasteiger partial charge on any atom is 0.232 e. The molecule has 0 radical (unpaired) electrons. The Bertz CT molecular complexity index is 226. The van der Waals surface area contributed by atoms with Crippen LogP contribution in [-0.4, -0.2) is 27.4 Å². The van der Waals surface area contributed by atoms with Crippen molar-refractivity contribution < 1.29 is 13.2 Å². The molecule has 0 saturated carbocycles. The van der Waals surface area contributed by atoms with Gasteiger partial charge in [0.1, 0.15) is 0 Å². The highest BCUT2D eigenvalue weighted by Crippen LogP contribution is 2.06. The molecular formula is C9H19ClO3S. The third-order valence-corrected chi connectivity index (χ3v) is 3.12. The van der Waals surface area contributed by atoms with Crippen molar-refractivity contribution >= 4 is 19.7 Å². The van der Waals surface area contributed by atoms with Crippen LogP contribution in [-0.2, 0) is 13.8 Å². The molecule has 0 saturated heterocycles. The zero-order chi connectivity index (χ0) is 11.0. The SMILES string of the molecule is CCCCCOCC(C)CS(=O)(=O)Cl. The fraction of sp³-hybridized carbons (Fsp3) is 1.00. The third kappa shape index (κ3) is 10.3. The fourth-order valence-electron chi connectivity index (χ4n) is 1.13. The van der Waals surface area contributed by atoms with Gasteiger partial charge >= 0.3 is 0 Å². The van der Waals surface area contributed by atoms with Crippen LogP contribution in [0.1, 0.15) is 33.1 Å². The van der Waals surface area contributed by atoms with E-state index >= 15 is 0 Å². The average molecular weight is 243 g/mol. The Morgan fingerprint density at radius 3 is 2.50 bits per heavy atom. The van der Waals surface area contributed by atoms with Crippen molar-refractivity contribution in [3.63, 3.8) is 0 Å². The van der Waals surface area contributed by atoms with Gasteiger partial charge in [-0.05, 0) is 12.3 Å². The topological polar surface area (TPSA) is 43.4 Å². The fourth-order valence-corrected chi connectivity index (χ4v) is 2.55. The molecule has 0 fully saturated rings. The summed E-state index contributed by atoms with van der Waals surface area (Å²) in [6.45, 7) is 5.12. The first-order valence-electron chi connectivity index (χ1n) is 4.95. The molecule has 0 aromatic carbocycles. The van der Waals surface area contributed by atoms with Gasteiger partial charge in [-0.25, -0.2) is 8.42 Å². The van der Waals surface area contributed by atoms with Crippen LogP contribution in [0.2, 0.25) is 0 Å². The van der Waals surface area contributed by atoms with Crippen LogP contribution in [0.4, 0.5) is 0 Å². The van der Waals surface area contributed by atoms with Crippen molar-refractivity contribution in [2.24, 2.45) is 5.92 Å². The average Bonchev–Trinajstić information content (AvgIpc) is 2.00. The summed E-state index contributed by atoms with van der Waals surface area (Å²) in [5.74, 6) is -0.0402. The molecule has 0 bridgehead atoms. The van der Waals surface area contributed by atoms with Crippen LogP contribution in [0, 0.1) is 5.92 Å². The summed E-state index contributed by atoms with van der Waals surface area (Å²) in [6, 6.07) is 0. The molecule has 0 amide bonds. The molecule has 0 heterocycles. The summed E-state index contributed by atoms with van der Waals surface area (Å²) >= 11 is 0. The highest BCUT2D eigenvalue weighted by atomic mass is 35.7. The molecule has 5 heteroatoms. The first-order valence-corrected chi connectivity index (χ1v) is 7.43. The maximum atomic E-state index is 10.7. The lowest BCUT2D eigenvalue weighted by Crippen LogP contribution is -2.15. The second kappa shape index (κ2) is 7.49. The molecule has 1 unspecified atom stereocenters. The number of hydrogen-bond donors (Lipinski definition) is 0. The monoisotopic (exact) mass is 242 g/mol. The van der Waals surface area contributed by atoms with Crippen molar-refractivity contribution in [3.8, 4) is 0 Å². The minimum Gasteiger partial charge on any atom is -0.381 e. The third-order valence-electron chi connectivity index (χ3n) is 1.78. The molecule has 1 atom stereocenters. The number of unbranched alkanes of at least 4 members (excludes halogenated alkanes) is 2. The van der Waals surface area contributed by atoms with Crippen molar-refractivity contribution in [1.82, 2.24) is 0 Å². The van der Waals surface area contributed by atoms with Gasteiger partial charge < -0.3 is 4.74 Å². The lowest BCUT2D eigenvalue weighted by molar-refractivity contribution is 0.107. The minimum atomic E-state index is -3.38. The van der Waals surface area contributed by atoms with E-state index in [0.717, 1.165) is 19.3 Å². The highest BCUT2D eigenvalue weighted by Gasteiger charge is 2.12. The summed E-state index contributed by atoms with van der Waals surface area (Å²) in [5, 5.41) is 0. The predicted molar refractivity (Wildman–Crippen MR) is 59.1 cm³/mol. The zero-order valence-electron chi connectivity index (χ0n) is 8.83. The largest absolute Gasteiger partial charge is 0.381 e. The Morgan fingerprint density at radius 2 is 2.00 bits per heavy atom. The Labute approximate surface area is 91.2 Å². The van der Waals surface area contributed by atoms with E-state index in [1.807, 2.05) is 6.92 Å². The molecule has 14 heavy (non-hydrogen) atoms. The highest BCUT2D eigenvalue weighted by molar-refractivity contribution is 8.13. The Balaban J connectivity index is 3.41. The van der Waals surface area contributed by atoms with Gasteiger partial charge in [-0.2, -0.15) is 0 Å². The first kappa shape index (κ1) is 14.2. The van der Waals surface area contributed by atoms with E-state index < -0.39 is 9.05 Å². The van der Waals surface area contributed by atoms with Crippen LogP contribution in [0.3, 0.4) is 0 Å². The van der Waals surface area contributed by atoms with E-state index in [0.29, 0.717) is 13.2 Å². The molecule has 0 N–H and O–H groups in total. The van der Waals surface area contributed by atoms with E-state index in [1.54, 1.807) is 0 Å². The van der Waals surface area contributed by atoms with Gasteiger partial charge in [0, 0.05) is 17.3 Å². The van der Waals surface area contributed by atoms with Crippen molar-refractivity contribution in [1.29, 1.82) is 0 Å². The van der Waals surface area contributed by atoms with E-state index in [1.165, 1.54) is 0 Å². The summed E-state index contributed by atoms with van der Waals surface area (Å²) in [4.78, 5) is 0. The van der Waals surface area contributed by atoms with E-state index in [2.05, 4.69) is 6.92 Å².